The van der Waals surface area contributed by atoms with Crippen molar-refractivity contribution in [1.29, 1.82) is 0 Å². The van der Waals surface area contributed by atoms with Crippen molar-refractivity contribution in [1.82, 2.24) is 4.90 Å². The lowest BCUT2D eigenvalue weighted by molar-refractivity contribution is -0.129. The minimum absolute atomic E-state index is 0.122. The summed E-state index contributed by atoms with van der Waals surface area (Å²) in [5, 5.41) is 10.1. The highest BCUT2D eigenvalue weighted by molar-refractivity contribution is 5.83. The van der Waals surface area contributed by atoms with Crippen molar-refractivity contribution in [2.45, 2.75) is 39.2 Å². The maximum atomic E-state index is 12.5. The molecule has 2 aliphatic heterocycles. The minimum Gasteiger partial charge on any atom is -0.504 e. The first-order valence-corrected chi connectivity index (χ1v) is 8.16. The van der Waals surface area contributed by atoms with E-state index in [2.05, 4.69) is 18.7 Å². The van der Waals surface area contributed by atoms with Crippen LogP contribution in [0.25, 0.3) is 0 Å². The van der Waals surface area contributed by atoms with Crippen LogP contribution in [0.5, 0.6) is 11.5 Å². The van der Waals surface area contributed by atoms with Gasteiger partial charge in [-0.05, 0) is 42.0 Å². The molecule has 1 unspecified atom stereocenters. The highest BCUT2D eigenvalue weighted by Crippen LogP contribution is 2.42. The van der Waals surface area contributed by atoms with E-state index in [0.717, 1.165) is 31.5 Å². The van der Waals surface area contributed by atoms with Crippen molar-refractivity contribution >= 4 is 5.78 Å². The Morgan fingerprint density at radius 1 is 1.41 bits per heavy atom. The second-order valence-corrected chi connectivity index (χ2v) is 6.98. The number of Topliss-reactive ketones (excluding diaryl/α,β-unsaturated/α-hetero) is 1. The molecule has 1 saturated heterocycles. The smallest absolute Gasteiger partial charge is 0.160 e. The highest BCUT2D eigenvalue weighted by Gasteiger charge is 2.38. The number of carbonyl (C=O) groups excluding carboxylic acids is 1. The molecule has 0 aliphatic carbocycles. The number of benzene rings is 1. The van der Waals surface area contributed by atoms with Gasteiger partial charge in [-0.25, -0.2) is 0 Å². The van der Waals surface area contributed by atoms with E-state index in [1.807, 2.05) is 6.07 Å². The minimum atomic E-state index is 0.122. The summed E-state index contributed by atoms with van der Waals surface area (Å²) in [4.78, 5) is 14.9. The van der Waals surface area contributed by atoms with Gasteiger partial charge in [0, 0.05) is 31.5 Å². The summed E-state index contributed by atoms with van der Waals surface area (Å²) in [7, 11) is 1.57. The number of phenols is 1. The topological polar surface area (TPSA) is 49.8 Å². The molecule has 0 aromatic heterocycles. The van der Waals surface area contributed by atoms with E-state index in [1.165, 1.54) is 5.56 Å². The molecule has 1 aromatic rings. The predicted molar refractivity (Wildman–Crippen MR) is 85.2 cm³/mol. The lowest BCUT2D eigenvalue weighted by atomic mass is 9.80. The summed E-state index contributed by atoms with van der Waals surface area (Å²) in [5.74, 6) is 1.78. The molecule has 2 heterocycles. The quantitative estimate of drug-likeness (QED) is 0.933. The Bertz CT molecular complexity index is 582. The second kappa shape index (κ2) is 5.92. The molecule has 120 valence electrons. The molecular formula is C18H25NO3. The van der Waals surface area contributed by atoms with Crippen LogP contribution in [0.2, 0.25) is 0 Å². The number of carbonyl (C=O) groups is 1. The Labute approximate surface area is 132 Å². The number of hydrogen-bond donors (Lipinski definition) is 1. The first kappa shape index (κ1) is 15.3. The Morgan fingerprint density at radius 2 is 2.18 bits per heavy atom. The predicted octanol–water partition coefficient (Wildman–Crippen LogP) is 2.94. The van der Waals surface area contributed by atoms with Crippen LogP contribution in [0.15, 0.2) is 12.1 Å². The average Bonchev–Trinajstić information content (AvgIpc) is 2.47. The van der Waals surface area contributed by atoms with Gasteiger partial charge >= 0.3 is 0 Å². The first-order valence-electron chi connectivity index (χ1n) is 8.16. The standard InChI is InChI=1S/C18H25NO3/c1-11(2)6-13-10-19-5-4-12-7-18(22-3)17(21)8-14(12)15(19)9-16(13)20/h7-8,11,13,15,21H,4-6,9-10H2,1-3H3/t13-,15?/m1/s1. The van der Waals surface area contributed by atoms with Crippen molar-refractivity contribution in [3.63, 3.8) is 0 Å². The van der Waals surface area contributed by atoms with E-state index >= 15 is 0 Å². The van der Waals surface area contributed by atoms with Crippen LogP contribution in [0.1, 0.15) is 43.9 Å². The number of ether oxygens (including phenoxy) is 1. The van der Waals surface area contributed by atoms with E-state index in [0.29, 0.717) is 23.9 Å². The summed E-state index contributed by atoms with van der Waals surface area (Å²) >= 11 is 0. The van der Waals surface area contributed by atoms with Gasteiger partial charge in [0.25, 0.3) is 0 Å². The van der Waals surface area contributed by atoms with Crippen LogP contribution in [0.3, 0.4) is 0 Å². The number of hydrogen-bond acceptors (Lipinski definition) is 4. The summed E-state index contributed by atoms with van der Waals surface area (Å²) in [6, 6.07) is 3.84. The molecule has 2 atom stereocenters. The number of nitrogens with zero attached hydrogens (tertiary/aromatic N) is 1. The van der Waals surface area contributed by atoms with Crippen molar-refractivity contribution in [3.05, 3.63) is 23.3 Å². The third kappa shape index (κ3) is 2.72. The van der Waals surface area contributed by atoms with Crippen LogP contribution >= 0.6 is 0 Å². The van der Waals surface area contributed by atoms with E-state index in [-0.39, 0.29) is 17.7 Å². The SMILES string of the molecule is COc1cc2c(cc1O)C1CC(=O)[C@H](CC(C)C)CN1CC2. The molecule has 1 aromatic carbocycles. The summed E-state index contributed by atoms with van der Waals surface area (Å²) < 4.78 is 5.20. The summed E-state index contributed by atoms with van der Waals surface area (Å²) in [6.07, 6.45) is 2.49. The van der Waals surface area contributed by atoms with Gasteiger partial charge in [0.05, 0.1) is 7.11 Å². The highest BCUT2D eigenvalue weighted by atomic mass is 16.5. The van der Waals surface area contributed by atoms with Gasteiger partial charge in [-0.15, -0.1) is 0 Å². The van der Waals surface area contributed by atoms with Crippen LogP contribution in [0.4, 0.5) is 0 Å². The molecule has 2 aliphatic rings. The normalized spacial score (nSPS) is 25.0. The zero-order chi connectivity index (χ0) is 15.9. The van der Waals surface area contributed by atoms with Crippen LogP contribution in [-0.2, 0) is 11.2 Å². The zero-order valence-corrected chi connectivity index (χ0v) is 13.6. The summed E-state index contributed by atoms with van der Waals surface area (Å²) in [6.45, 7) is 6.19. The number of rotatable bonds is 3. The third-order valence-electron chi connectivity index (χ3n) is 4.97. The van der Waals surface area contributed by atoms with Crippen molar-refractivity contribution in [3.8, 4) is 11.5 Å². The molecule has 22 heavy (non-hydrogen) atoms. The molecule has 1 fully saturated rings. The fourth-order valence-corrected chi connectivity index (χ4v) is 3.91. The average molecular weight is 303 g/mol. The largest absolute Gasteiger partial charge is 0.504 e. The lowest BCUT2D eigenvalue weighted by Crippen LogP contribution is -2.46. The van der Waals surface area contributed by atoms with Crippen LogP contribution < -0.4 is 4.74 Å². The Kier molecular flexibility index (Phi) is 4.13. The number of methoxy groups -OCH3 is 1. The van der Waals surface area contributed by atoms with E-state index < -0.39 is 0 Å². The van der Waals surface area contributed by atoms with Gasteiger partial charge in [0.1, 0.15) is 5.78 Å². The second-order valence-electron chi connectivity index (χ2n) is 6.98. The Balaban J connectivity index is 1.87. The van der Waals surface area contributed by atoms with Gasteiger partial charge in [0.15, 0.2) is 11.5 Å². The zero-order valence-electron chi connectivity index (χ0n) is 13.6. The first-order chi connectivity index (χ1) is 10.5. The maximum Gasteiger partial charge on any atom is 0.160 e. The van der Waals surface area contributed by atoms with Gasteiger partial charge in [-0.2, -0.15) is 0 Å². The van der Waals surface area contributed by atoms with Crippen LogP contribution in [0, 0.1) is 11.8 Å². The molecule has 0 amide bonds. The monoisotopic (exact) mass is 303 g/mol. The molecule has 0 radical (unpaired) electrons. The van der Waals surface area contributed by atoms with E-state index in [4.69, 9.17) is 4.74 Å². The van der Waals surface area contributed by atoms with Crippen molar-refractivity contribution in [2.24, 2.45) is 11.8 Å². The Hall–Kier alpha value is -1.55. The molecule has 0 bridgehead atoms. The van der Waals surface area contributed by atoms with E-state index in [9.17, 15) is 9.90 Å². The van der Waals surface area contributed by atoms with Crippen molar-refractivity contribution < 1.29 is 14.6 Å². The van der Waals surface area contributed by atoms with Crippen molar-refractivity contribution in [2.75, 3.05) is 20.2 Å². The molecule has 3 rings (SSSR count). The number of fused-ring (bicyclic) bond motifs is 3. The van der Waals surface area contributed by atoms with Crippen LogP contribution in [-0.4, -0.2) is 36.0 Å². The van der Waals surface area contributed by atoms with Gasteiger partial charge in [-0.1, -0.05) is 13.8 Å². The molecule has 4 heteroatoms. The molecule has 0 saturated carbocycles. The fourth-order valence-electron chi connectivity index (χ4n) is 3.91. The molecule has 4 nitrogen and oxygen atoms in total. The van der Waals surface area contributed by atoms with Gasteiger partial charge < -0.3 is 9.84 Å². The molecule has 0 spiro atoms. The summed E-state index contributed by atoms with van der Waals surface area (Å²) in [5.41, 5.74) is 2.30. The van der Waals surface area contributed by atoms with E-state index in [1.54, 1.807) is 13.2 Å². The number of piperidine rings is 1. The molecule has 1 N–H and O–H groups in total. The number of aromatic hydroxyl groups is 1. The number of phenolic OH excluding ortho intramolecular Hbond substituents is 1. The number of ketones is 1. The maximum absolute atomic E-state index is 12.5. The van der Waals surface area contributed by atoms with Gasteiger partial charge in [-0.3, -0.25) is 9.69 Å². The lowest BCUT2D eigenvalue weighted by Gasteiger charge is -2.43. The Morgan fingerprint density at radius 3 is 2.86 bits per heavy atom. The third-order valence-corrected chi connectivity index (χ3v) is 4.97. The van der Waals surface area contributed by atoms with Gasteiger partial charge in [0.2, 0.25) is 0 Å². The molecular weight excluding hydrogens is 278 g/mol. The fraction of sp³-hybridized carbons (Fsp3) is 0.611.